The zero-order chi connectivity index (χ0) is 17.0. The minimum atomic E-state index is -1.02. The lowest BCUT2D eigenvalue weighted by atomic mass is 10.1. The van der Waals surface area contributed by atoms with Gasteiger partial charge in [-0.2, -0.15) is 0 Å². The molecule has 0 saturated carbocycles. The Bertz CT molecular complexity index is 693. The molecule has 1 aliphatic rings. The normalized spacial score (nSPS) is 17.3. The molecule has 2 aromatic rings. The summed E-state index contributed by atoms with van der Waals surface area (Å²) in [4.78, 5) is 31.7. The summed E-state index contributed by atoms with van der Waals surface area (Å²) in [6, 6.07) is 1.68. The summed E-state index contributed by atoms with van der Waals surface area (Å²) in [7, 11) is 0. The molecule has 0 bridgehead atoms. The van der Waals surface area contributed by atoms with Gasteiger partial charge < -0.3 is 15.4 Å². The number of thioether (sulfide) groups is 1. The third-order valence-corrected chi connectivity index (χ3v) is 5.04. The molecule has 3 heterocycles. The van der Waals surface area contributed by atoms with Crippen LogP contribution < -0.4 is 10.6 Å². The smallest absolute Gasteiger partial charge is 0.239 e. The number of anilines is 1. The SMILES string of the molecule is CC(Sc1cnc(N2CCOCC2)nc1)(C(N)=O)c1ccncn1. The lowest BCUT2D eigenvalue weighted by Gasteiger charge is -2.27. The maximum Gasteiger partial charge on any atom is 0.239 e. The molecule has 1 fully saturated rings. The van der Waals surface area contributed by atoms with Gasteiger partial charge in [0.2, 0.25) is 11.9 Å². The number of ether oxygens (including phenoxy) is 1. The standard InChI is InChI=1S/C15H18N6O2S/c1-15(13(16)22,12-2-3-17-10-20-12)24-11-8-18-14(19-9-11)21-4-6-23-7-5-21/h2-3,8-10H,4-7H2,1H3,(H2,16,22). The van der Waals surface area contributed by atoms with Crippen molar-refractivity contribution >= 4 is 23.6 Å². The number of amides is 1. The Morgan fingerprint density at radius 2 is 2.00 bits per heavy atom. The van der Waals surface area contributed by atoms with E-state index in [9.17, 15) is 4.79 Å². The molecular formula is C15H18N6O2S. The summed E-state index contributed by atoms with van der Waals surface area (Å²) in [6.45, 7) is 4.62. The Morgan fingerprint density at radius 3 is 2.58 bits per heavy atom. The van der Waals surface area contributed by atoms with E-state index in [1.807, 2.05) is 0 Å². The summed E-state index contributed by atoms with van der Waals surface area (Å²) in [5.74, 6) is 0.175. The van der Waals surface area contributed by atoms with E-state index in [1.54, 1.807) is 31.6 Å². The second-order valence-electron chi connectivity index (χ2n) is 5.41. The van der Waals surface area contributed by atoms with Crippen molar-refractivity contribution in [2.24, 2.45) is 5.73 Å². The van der Waals surface area contributed by atoms with Gasteiger partial charge >= 0.3 is 0 Å². The highest BCUT2D eigenvalue weighted by Crippen LogP contribution is 2.39. The maximum absolute atomic E-state index is 12.0. The molecule has 0 aromatic carbocycles. The monoisotopic (exact) mass is 346 g/mol. The number of carbonyl (C=O) groups is 1. The number of hydrogen-bond acceptors (Lipinski definition) is 8. The quantitative estimate of drug-likeness (QED) is 0.784. The minimum absolute atomic E-state index is 0.483. The third-order valence-electron chi connectivity index (χ3n) is 3.77. The first-order valence-electron chi connectivity index (χ1n) is 7.50. The summed E-state index contributed by atoms with van der Waals surface area (Å²) in [5, 5.41) is 0. The molecule has 3 rings (SSSR count). The fourth-order valence-electron chi connectivity index (χ4n) is 2.33. The summed E-state index contributed by atoms with van der Waals surface area (Å²) in [5.41, 5.74) is 6.16. The van der Waals surface area contributed by atoms with Gasteiger partial charge in [-0.25, -0.2) is 19.9 Å². The van der Waals surface area contributed by atoms with E-state index in [0.29, 0.717) is 24.9 Å². The van der Waals surface area contributed by atoms with Crippen LogP contribution in [0, 0.1) is 0 Å². The van der Waals surface area contributed by atoms with Crippen molar-refractivity contribution in [1.82, 2.24) is 19.9 Å². The molecule has 1 amide bonds. The third kappa shape index (κ3) is 3.46. The zero-order valence-corrected chi connectivity index (χ0v) is 14.1. The van der Waals surface area contributed by atoms with E-state index in [0.717, 1.165) is 18.0 Å². The molecule has 126 valence electrons. The van der Waals surface area contributed by atoms with Crippen LogP contribution in [0.1, 0.15) is 12.6 Å². The van der Waals surface area contributed by atoms with Crippen molar-refractivity contribution in [3.8, 4) is 0 Å². The van der Waals surface area contributed by atoms with E-state index >= 15 is 0 Å². The Kier molecular flexibility index (Phi) is 4.91. The van der Waals surface area contributed by atoms with Gasteiger partial charge in [0, 0.05) is 36.6 Å². The molecule has 0 radical (unpaired) electrons. The van der Waals surface area contributed by atoms with Crippen LogP contribution in [0.25, 0.3) is 0 Å². The van der Waals surface area contributed by atoms with Crippen LogP contribution in [-0.4, -0.2) is 52.1 Å². The van der Waals surface area contributed by atoms with Gasteiger partial charge in [-0.05, 0) is 13.0 Å². The number of primary amides is 1. The largest absolute Gasteiger partial charge is 0.378 e. The average molecular weight is 346 g/mol. The zero-order valence-electron chi connectivity index (χ0n) is 13.3. The topological polar surface area (TPSA) is 107 Å². The molecule has 2 N–H and O–H groups in total. The van der Waals surface area contributed by atoms with Crippen LogP contribution in [0.4, 0.5) is 5.95 Å². The number of rotatable bonds is 5. The predicted molar refractivity (Wildman–Crippen MR) is 89.5 cm³/mol. The molecule has 1 saturated heterocycles. The molecule has 1 unspecified atom stereocenters. The Balaban J connectivity index is 1.79. The average Bonchev–Trinajstić information content (AvgIpc) is 2.63. The second kappa shape index (κ2) is 7.10. The van der Waals surface area contributed by atoms with Crippen molar-refractivity contribution in [2.45, 2.75) is 16.6 Å². The molecule has 1 atom stereocenters. The number of nitrogens with two attached hydrogens (primary N) is 1. The highest BCUT2D eigenvalue weighted by molar-refractivity contribution is 8.01. The van der Waals surface area contributed by atoms with Gasteiger partial charge in [-0.1, -0.05) is 11.8 Å². The van der Waals surface area contributed by atoms with Gasteiger partial charge in [0.1, 0.15) is 11.1 Å². The van der Waals surface area contributed by atoms with Crippen LogP contribution in [0.3, 0.4) is 0 Å². The van der Waals surface area contributed by atoms with Crippen LogP contribution in [0.15, 0.2) is 35.9 Å². The minimum Gasteiger partial charge on any atom is -0.378 e. The predicted octanol–water partition coefficient (Wildman–Crippen LogP) is 0.596. The fraction of sp³-hybridized carbons (Fsp3) is 0.400. The molecule has 2 aromatic heterocycles. The fourth-order valence-corrected chi connectivity index (χ4v) is 3.33. The highest BCUT2D eigenvalue weighted by atomic mass is 32.2. The summed E-state index contributed by atoms with van der Waals surface area (Å²) >= 11 is 1.27. The van der Waals surface area contributed by atoms with Gasteiger partial charge in [0.15, 0.2) is 0 Å². The number of nitrogens with zero attached hydrogens (tertiary/aromatic N) is 5. The number of morpholine rings is 1. The Labute approximate surface area is 143 Å². The lowest BCUT2D eigenvalue weighted by Crippen LogP contribution is -2.37. The van der Waals surface area contributed by atoms with Gasteiger partial charge in [-0.3, -0.25) is 4.79 Å². The molecule has 24 heavy (non-hydrogen) atoms. The van der Waals surface area contributed by atoms with Crippen LogP contribution in [-0.2, 0) is 14.3 Å². The van der Waals surface area contributed by atoms with E-state index in [-0.39, 0.29) is 0 Å². The maximum atomic E-state index is 12.0. The van der Waals surface area contributed by atoms with Crippen molar-refractivity contribution < 1.29 is 9.53 Å². The van der Waals surface area contributed by atoms with Crippen molar-refractivity contribution in [3.05, 3.63) is 36.7 Å². The van der Waals surface area contributed by atoms with E-state index in [1.165, 1.54) is 18.1 Å². The number of hydrogen-bond donors (Lipinski definition) is 1. The van der Waals surface area contributed by atoms with Crippen LogP contribution >= 0.6 is 11.8 Å². The van der Waals surface area contributed by atoms with Gasteiger partial charge in [-0.15, -0.1) is 0 Å². The van der Waals surface area contributed by atoms with Crippen molar-refractivity contribution in [2.75, 3.05) is 31.2 Å². The number of carbonyl (C=O) groups excluding carboxylic acids is 1. The van der Waals surface area contributed by atoms with Crippen molar-refractivity contribution in [1.29, 1.82) is 0 Å². The van der Waals surface area contributed by atoms with E-state index in [2.05, 4.69) is 24.8 Å². The van der Waals surface area contributed by atoms with Crippen LogP contribution in [0.5, 0.6) is 0 Å². The lowest BCUT2D eigenvalue weighted by molar-refractivity contribution is -0.120. The first-order chi connectivity index (χ1) is 11.6. The summed E-state index contributed by atoms with van der Waals surface area (Å²) in [6.07, 6.45) is 6.38. The Morgan fingerprint density at radius 1 is 1.29 bits per heavy atom. The molecular weight excluding hydrogens is 328 g/mol. The molecule has 8 nitrogen and oxygen atoms in total. The molecule has 1 aliphatic heterocycles. The van der Waals surface area contributed by atoms with Gasteiger partial charge in [0.25, 0.3) is 0 Å². The molecule has 0 aliphatic carbocycles. The van der Waals surface area contributed by atoms with E-state index < -0.39 is 10.7 Å². The Hall–Kier alpha value is -2.26. The molecule has 9 heteroatoms. The first kappa shape index (κ1) is 16.6. The van der Waals surface area contributed by atoms with Gasteiger partial charge in [0.05, 0.1) is 18.9 Å². The van der Waals surface area contributed by atoms with E-state index in [4.69, 9.17) is 10.5 Å². The highest BCUT2D eigenvalue weighted by Gasteiger charge is 2.36. The first-order valence-corrected chi connectivity index (χ1v) is 8.31. The van der Waals surface area contributed by atoms with Crippen LogP contribution in [0.2, 0.25) is 0 Å². The summed E-state index contributed by atoms with van der Waals surface area (Å²) < 4.78 is 4.30. The second-order valence-corrected chi connectivity index (χ2v) is 6.90. The molecule has 0 spiro atoms. The van der Waals surface area contributed by atoms with Crippen molar-refractivity contribution in [3.63, 3.8) is 0 Å². The number of aromatic nitrogens is 4.